The van der Waals surface area contributed by atoms with E-state index in [0.717, 1.165) is 45.1 Å². The van der Waals surface area contributed by atoms with Crippen LogP contribution in [0.5, 0.6) is 11.8 Å². The Morgan fingerprint density at radius 2 is 1.50 bits per heavy atom. The molecule has 0 radical (unpaired) electrons. The number of fused-ring (bicyclic) bond motifs is 4. The molecule has 0 amide bonds. The van der Waals surface area contributed by atoms with Gasteiger partial charge < -0.3 is 4.74 Å². The average molecular weight is 471 g/mol. The molecule has 6 aromatic rings. The zero-order valence-corrected chi connectivity index (χ0v) is 19.6. The van der Waals surface area contributed by atoms with E-state index in [2.05, 4.69) is 41.4 Å². The lowest BCUT2D eigenvalue weighted by Crippen LogP contribution is -2.16. The summed E-state index contributed by atoms with van der Waals surface area (Å²) in [6.45, 7) is 2.03. The molecule has 0 saturated heterocycles. The second-order valence-electron chi connectivity index (χ2n) is 8.92. The Morgan fingerprint density at radius 1 is 0.806 bits per heavy atom. The molecule has 0 spiro atoms. The first-order valence-electron chi connectivity index (χ1n) is 11.9. The number of rotatable bonds is 4. The molecule has 4 heterocycles. The summed E-state index contributed by atoms with van der Waals surface area (Å²) in [5.41, 5.74) is 6.79. The highest BCUT2D eigenvalue weighted by molar-refractivity contribution is 5.66. The molecule has 1 atom stereocenters. The van der Waals surface area contributed by atoms with Gasteiger partial charge in [0.2, 0.25) is 11.8 Å². The van der Waals surface area contributed by atoms with Crippen LogP contribution in [-0.4, -0.2) is 29.4 Å². The second-order valence-corrected chi connectivity index (χ2v) is 8.92. The molecule has 7 heteroatoms. The molecule has 3 aromatic carbocycles. The number of benzene rings is 3. The Labute approximate surface area is 207 Å². The number of ether oxygens (including phenoxy) is 1. The van der Waals surface area contributed by atoms with Gasteiger partial charge in [0, 0.05) is 6.42 Å². The quantitative estimate of drug-likeness (QED) is 0.340. The Bertz CT molecular complexity index is 1690. The van der Waals surface area contributed by atoms with E-state index in [0.29, 0.717) is 18.2 Å². The highest BCUT2D eigenvalue weighted by Gasteiger charge is 2.38. The van der Waals surface area contributed by atoms with Crippen LogP contribution in [0, 0.1) is 6.92 Å². The molecule has 1 aliphatic heterocycles. The van der Waals surface area contributed by atoms with Gasteiger partial charge in [-0.3, -0.25) is 0 Å². The summed E-state index contributed by atoms with van der Waals surface area (Å²) in [5, 5.41) is 9.63. The monoisotopic (exact) mass is 470 g/mol. The minimum atomic E-state index is -0.146. The van der Waals surface area contributed by atoms with E-state index < -0.39 is 0 Å². The van der Waals surface area contributed by atoms with Gasteiger partial charge in [0.25, 0.3) is 0 Å². The van der Waals surface area contributed by atoms with Crippen LogP contribution in [0.1, 0.15) is 39.7 Å². The molecule has 0 fully saturated rings. The summed E-state index contributed by atoms with van der Waals surface area (Å²) in [5.74, 6) is 1.80. The fraction of sp³-hybridized carbons (Fsp3) is 0.103. The van der Waals surface area contributed by atoms with Crippen LogP contribution in [0.4, 0.5) is 0 Å². The van der Waals surface area contributed by atoms with Crippen molar-refractivity contribution >= 4 is 5.65 Å². The first-order chi connectivity index (χ1) is 17.8. The largest absolute Gasteiger partial charge is 0.420 e. The van der Waals surface area contributed by atoms with Crippen LogP contribution < -0.4 is 4.74 Å². The Balaban J connectivity index is 1.44. The highest BCUT2D eigenvalue weighted by Crippen LogP contribution is 2.49. The fourth-order valence-corrected chi connectivity index (χ4v) is 5.00. The van der Waals surface area contributed by atoms with Crippen molar-refractivity contribution in [3.8, 4) is 17.4 Å². The van der Waals surface area contributed by atoms with Gasteiger partial charge in [0.05, 0.1) is 28.4 Å². The van der Waals surface area contributed by atoms with Gasteiger partial charge >= 0.3 is 0 Å². The van der Waals surface area contributed by atoms with Crippen molar-refractivity contribution in [2.45, 2.75) is 19.3 Å². The predicted octanol–water partition coefficient (Wildman–Crippen LogP) is 5.50. The lowest BCUT2D eigenvalue weighted by molar-refractivity contribution is 0.402. The molecule has 0 aliphatic carbocycles. The van der Waals surface area contributed by atoms with Crippen LogP contribution in [-0.2, 0) is 6.42 Å². The zero-order valence-electron chi connectivity index (χ0n) is 19.6. The minimum Gasteiger partial charge on any atom is -0.420 e. The van der Waals surface area contributed by atoms with Crippen molar-refractivity contribution in [2.75, 3.05) is 0 Å². The number of hydrogen-bond donors (Lipinski definition) is 0. The molecule has 1 aliphatic rings. The van der Waals surface area contributed by atoms with Crippen LogP contribution in [0.3, 0.4) is 0 Å². The van der Waals surface area contributed by atoms with Gasteiger partial charge in [-0.25, -0.2) is 19.2 Å². The lowest BCUT2D eigenvalue weighted by Gasteiger charge is -2.26. The van der Waals surface area contributed by atoms with Crippen molar-refractivity contribution in [3.05, 3.63) is 131 Å². The Hall–Kier alpha value is -4.78. The van der Waals surface area contributed by atoms with E-state index >= 15 is 0 Å². The number of para-hydroxylation sites is 1. The number of hydrogen-bond acceptors (Lipinski definition) is 5. The van der Waals surface area contributed by atoms with Gasteiger partial charge in [-0.1, -0.05) is 78.9 Å². The van der Waals surface area contributed by atoms with E-state index in [1.54, 1.807) is 10.8 Å². The normalized spacial score (nSPS) is 14.3. The van der Waals surface area contributed by atoms with Crippen molar-refractivity contribution in [1.82, 2.24) is 29.4 Å². The molecular weight excluding hydrogens is 448 g/mol. The summed E-state index contributed by atoms with van der Waals surface area (Å²) < 4.78 is 10.1. The topological polar surface area (TPSA) is 70.1 Å². The smallest absolute Gasteiger partial charge is 0.230 e. The third-order valence-electron chi connectivity index (χ3n) is 6.60. The fourth-order valence-electron chi connectivity index (χ4n) is 5.00. The SMILES string of the molecule is Cc1nn(-c2ccccc2)c2c1[C@H](c1ccccc1)c1c(ncn3nc(Cc4ccccc4)nc13)O2. The molecule has 0 unspecified atom stereocenters. The van der Waals surface area contributed by atoms with Gasteiger partial charge in [0.1, 0.15) is 6.33 Å². The van der Waals surface area contributed by atoms with Gasteiger partial charge in [-0.2, -0.15) is 5.10 Å². The van der Waals surface area contributed by atoms with Crippen molar-refractivity contribution in [1.29, 1.82) is 0 Å². The number of aryl methyl sites for hydroxylation is 1. The first-order valence-corrected chi connectivity index (χ1v) is 11.9. The maximum absolute atomic E-state index is 6.48. The summed E-state index contributed by atoms with van der Waals surface area (Å²) in [7, 11) is 0. The molecular formula is C29H22N6O. The summed E-state index contributed by atoms with van der Waals surface area (Å²) >= 11 is 0. The molecule has 7 nitrogen and oxygen atoms in total. The molecule has 174 valence electrons. The molecule has 0 N–H and O–H groups in total. The first kappa shape index (κ1) is 20.6. The lowest BCUT2D eigenvalue weighted by atomic mass is 9.84. The molecule has 0 saturated carbocycles. The van der Waals surface area contributed by atoms with E-state index in [-0.39, 0.29) is 5.92 Å². The molecule has 36 heavy (non-hydrogen) atoms. The maximum atomic E-state index is 6.48. The second kappa shape index (κ2) is 8.16. The standard InChI is InChI=1S/C29H22N6O/c1-19-24-25(21-13-7-3-8-14-21)26-27-31-23(17-20-11-5-2-6-12-20)33-34(27)18-30-28(26)36-29(24)35(32-19)22-15-9-4-10-16-22/h2-16,18,25H,17H2,1H3/t25-/m0/s1. The van der Waals surface area contributed by atoms with Gasteiger partial charge in [-0.05, 0) is 30.2 Å². The average Bonchev–Trinajstić information content (AvgIpc) is 3.49. The number of nitrogens with zero attached hydrogens (tertiary/aromatic N) is 6. The molecule has 0 bridgehead atoms. The van der Waals surface area contributed by atoms with Gasteiger partial charge in [0.15, 0.2) is 11.5 Å². The molecule has 7 rings (SSSR count). The summed E-state index contributed by atoms with van der Waals surface area (Å²) in [6, 6.07) is 30.7. The van der Waals surface area contributed by atoms with E-state index in [1.807, 2.05) is 66.2 Å². The summed E-state index contributed by atoms with van der Waals surface area (Å²) in [4.78, 5) is 9.65. The highest BCUT2D eigenvalue weighted by atomic mass is 16.5. The van der Waals surface area contributed by atoms with Gasteiger partial charge in [-0.15, -0.1) is 5.10 Å². The minimum absolute atomic E-state index is 0.146. The van der Waals surface area contributed by atoms with Crippen LogP contribution in [0.15, 0.2) is 97.3 Å². The van der Waals surface area contributed by atoms with E-state index in [9.17, 15) is 0 Å². The van der Waals surface area contributed by atoms with E-state index in [4.69, 9.17) is 19.9 Å². The summed E-state index contributed by atoms with van der Waals surface area (Å²) in [6.07, 6.45) is 2.32. The zero-order chi connectivity index (χ0) is 24.1. The van der Waals surface area contributed by atoms with Crippen molar-refractivity contribution in [3.63, 3.8) is 0 Å². The predicted molar refractivity (Wildman–Crippen MR) is 136 cm³/mol. The third-order valence-corrected chi connectivity index (χ3v) is 6.60. The Morgan fingerprint density at radius 3 is 2.25 bits per heavy atom. The number of aromatic nitrogens is 6. The maximum Gasteiger partial charge on any atom is 0.230 e. The van der Waals surface area contributed by atoms with Crippen LogP contribution in [0.2, 0.25) is 0 Å². The van der Waals surface area contributed by atoms with Crippen LogP contribution in [0.25, 0.3) is 11.3 Å². The van der Waals surface area contributed by atoms with Crippen molar-refractivity contribution in [2.24, 2.45) is 0 Å². The third kappa shape index (κ3) is 3.28. The molecule has 3 aromatic heterocycles. The van der Waals surface area contributed by atoms with Crippen molar-refractivity contribution < 1.29 is 4.74 Å². The van der Waals surface area contributed by atoms with E-state index in [1.165, 1.54) is 0 Å². The Kier molecular flexibility index (Phi) is 4.67. The van der Waals surface area contributed by atoms with Crippen LogP contribution >= 0.6 is 0 Å².